The van der Waals surface area contributed by atoms with Gasteiger partial charge in [-0.1, -0.05) is 17.7 Å². The summed E-state index contributed by atoms with van der Waals surface area (Å²) in [6.45, 7) is 5.97. The number of nitrogens with zero attached hydrogens (tertiary/aromatic N) is 2. The van der Waals surface area contributed by atoms with E-state index in [1.165, 1.54) is 5.56 Å². The molecule has 0 amide bonds. The van der Waals surface area contributed by atoms with Crippen molar-refractivity contribution in [3.8, 4) is 11.5 Å². The first-order valence-electron chi connectivity index (χ1n) is 5.86. The van der Waals surface area contributed by atoms with Crippen LogP contribution in [-0.2, 0) is 12.9 Å². The highest BCUT2D eigenvalue weighted by molar-refractivity contribution is 6.17. The van der Waals surface area contributed by atoms with Gasteiger partial charge in [0.05, 0.1) is 11.6 Å². The average molecular weight is 265 g/mol. The van der Waals surface area contributed by atoms with E-state index >= 15 is 0 Å². The highest BCUT2D eigenvalue weighted by atomic mass is 35.5. The van der Waals surface area contributed by atoms with E-state index in [2.05, 4.69) is 5.10 Å². The number of aryl methyl sites for hydroxylation is 3. The molecule has 0 aliphatic heterocycles. The van der Waals surface area contributed by atoms with Crippen LogP contribution in [0.5, 0.6) is 11.5 Å². The third-order valence-corrected chi connectivity index (χ3v) is 3.30. The zero-order valence-electron chi connectivity index (χ0n) is 11.1. The fourth-order valence-electron chi connectivity index (χ4n) is 1.92. The molecule has 2 aromatic rings. The molecule has 0 N–H and O–H groups in total. The largest absolute Gasteiger partial charge is 0.453 e. The molecule has 4 heteroatoms. The van der Waals surface area contributed by atoms with Crippen LogP contribution in [0.1, 0.15) is 22.5 Å². The Hall–Kier alpha value is -1.48. The fraction of sp³-hybridized carbons (Fsp3) is 0.357. The molecule has 0 saturated heterocycles. The Labute approximate surface area is 112 Å². The van der Waals surface area contributed by atoms with Gasteiger partial charge in [-0.2, -0.15) is 5.10 Å². The summed E-state index contributed by atoms with van der Waals surface area (Å²) < 4.78 is 7.79. The van der Waals surface area contributed by atoms with Crippen molar-refractivity contribution in [2.24, 2.45) is 7.05 Å². The second-order valence-corrected chi connectivity index (χ2v) is 4.74. The summed E-state index contributed by atoms with van der Waals surface area (Å²) in [7, 11) is 1.91. The zero-order valence-corrected chi connectivity index (χ0v) is 11.9. The van der Waals surface area contributed by atoms with E-state index in [0.717, 1.165) is 28.5 Å². The number of aromatic nitrogens is 2. The molecule has 1 heterocycles. The van der Waals surface area contributed by atoms with Gasteiger partial charge in [0.25, 0.3) is 0 Å². The molecule has 0 saturated carbocycles. The minimum absolute atomic E-state index is 0.440. The third kappa shape index (κ3) is 2.36. The molecule has 3 nitrogen and oxygen atoms in total. The Morgan fingerprint density at radius 1 is 1.28 bits per heavy atom. The summed E-state index contributed by atoms with van der Waals surface area (Å²) >= 11 is 5.95. The number of benzene rings is 1. The molecule has 0 aliphatic carbocycles. The lowest BCUT2D eigenvalue weighted by Crippen LogP contribution is -1.94. The van der Waals surface area contributed by atoms with Gasteiger partial charge in [0.15, 0.2) is 5.75 Å². The second kappa shape index (κ2) is 5.02. The molecule has 0 spiro atoms. The van der Waals surface area contributed by atoms with Crippen molar-refractivity contribution >= 4 is 11.6 Å². The molecule has 0 bridgehead atoms. The van der Waals surface area contributed by atoms with Crippen molar-refractivity contribution < 1.29 is 4.74 Å². The summed E-state index contributed by atoms with van der Waals surface area (Å²) in [6.07, 6.45) is 0. The molecule has 2 rings (SSSR count). The standard InChI is InChI=1S/C14H17ClN2O/c1-9-5-6-13(12(7-9)8-15)18-14-10(2)16-17(4)11(14)3/h5-7H,8H2,1-4H3. The first-order valence-corrected chi connectivity index (χ1v) is 6.40. The number of hydrogen-bond donors (Lipinski definition) is 0. The topological polar surface area (TPSA) is 27.1 Å². The first-order chi connectivity index (χ1) is 8.52. The molecule has 1 aromatic heterocycles. The van der Waals surface area contributed by atoms with Gasteiger partial charge in [-0.05, 0) is 26.8 Å². The minimum atomic E-state index is 0.440. The summed E-state index contributed by atoms with van der Waals surface area (Å²) in [4.78, 5) is 0. The molecule has 0 unspecified atom stereocenters. The van der Waals surface area contributed by atoms with E-state index in [4.69, 9.17) is 16.3 Å². The number of alkyl halides is 1. The number of hydrogen-bond acceptors (Lipinski definition) is 2. The minimum Gasteiger partial charge on any atom is -0.453 e. The monoisotopic (exact) mass is 264 g/mol. The maximum atomic E-state index is 5.97. The third-order valence-electron chi connectivity index (χ3n) is 3.01. The summed E-state index contributed by atoms with van der Waals surface area (Å²) in [5, 5.41) is 4.34. The van der Waals surface area contributed by atoms with Crippen LogP contribution in [0.15, 0.2) is 18.2 Å². The first kappa shape index (κ1) is 13.0. The molecule has 0 fully saturated rings. The van der Waals surface area contributed by atoms with Crippen molar-refractivity contribution in [3.05, 3.63) is 40.7 Å². The van der Waals surface area contributed by atoms with E-state index in [1.807, 2.05) is 50.7 Å². The molecule has 18 heavy (non-hydrogen) atoms. The van der Waals surface area contributed by atoms with Crippen LogP contribution < -0.4 is 4.74 Å². The molecule has 0 radical (unpaired) electrons. The van der Waals surface area contributed by atoms with Crippen LogP contribution in [0.4, 0.5) is 0 Å². The Kier molecular flexibility index (Phi) is 3.62. The van der Waals surface area contributed by atoms with Crippen LogP contribution in [0, 0.1) is 20.8 Å². The van der Waals surface area contributed by atoms with E-state index in [0.29, 0.717) is 5.88 Å². The average Bonchev–Trinajstić information content (AvgIpc) is 2.58. The maximum absolute atomic E-state index is 5.97. The van der Waals surface area contributed by atoms with Crippen molar-refractivity contribution in [2.45, 2.75) is 26.7 Å². The summed E-state index contributed by atoms with van der Waals surface area (Å²) in [5.74, 6) is 2.05. The Bertz CT molecular complexity index is 575. The van der Waals surface area contributed by atoms with Crippen molar-refractivity contribution in [1.29, 1.82) is 0 Å². The Balaban J connectivity index is 2.39. The van der Waals surface area contributed by atoms with E-state index in [1.54, 1.807) is 0 Å². The van der Waals surface area contributed by atoms with Gasteiger partial charge in [-0.15, -0.1) is 11.6 Å². The van der Waals surface area contributed by atoms with Crippen LogP contribution in [-0.4, -0.2) is 9.78 Å². The molecule has 1 aromatic carbocycles. The van der Waals surface area contributed by atoms with Crippen molar-refractivity contribution in [2.75, 3.05) is 0 Å². The highest BCUT2D eigenvalue weighted by Crippen LogP contribution is 2.31. The number of rotatable bonds is 3. The van der Waals surface area contributed by atoms with Crippen LogP contribution in [0.25, 0.3) is 0 Å². The van der Waals surface area contributed by atoms with Crippen LogP contribution in [0.2, 0.25) is 0 Å². The van der Waals surface area contributed by atoms with Gasteiger partial charge in [-0.25, -0.2) is 0 Å². The summed E-state index contributed by atoms with van der Waals surface area (Å²) in [5.41, 5.74) is 4.07. The van der Waals surface area contributed by atoms with Crippen LogP contribution in [0.3, 0.4) is 0 Å². The number of ether oxygens (including phenoxy) is 1. The smallest absolute Gasteiger partial charge is 0.171 e. The quantitative estimate of drug-likeness (QED) is 0.787. The normalized spacial score (nSPS) is 10.7. The molecule has 96 valence electrons. The predicted molar refractivity (Wildman–Crippen MR) is 73.5 cm³/mol. The van der Waals surface area contributed by atoms with E-state index < -0.39 is 0 Å². The number of halogens is 1. The van der Waals surface area contributed by atoms with E-state index in [9.17, 15) is 0 Å². The summed E-state index contributed by atoms with van der Waals surface area (Å²) in [6, 6.07) is 6.02. The highest BCUT2D eigenvalue weighted by Gasteiger charge is 2.13. The van der Waals surface area contributed by atoms with Gasteiger partial charge in [0.1, 0.15) is 11.4 Å². The Morgan fingerprint density at radius 3 is 2.56 bits per heavy atom. The van der Waals surface area contributed by atoms with Gasteiger partial charge in [0, 0.05) is 12.6 Å². The van der Waals surface area contributed by atoms with E-state index in [-0.39, 0.29) is 0 Å². The van der Waals surface area contributed by atoms with Crippen LogP contribution >= 0.6 is 11.6 Å². The molecule has 0 aliphatic rings. The second-order valence-electron chi connectivity index (χ2n) is 4.47. The lowest BCUT2D eigenvalue weighted by atomic mass is 10.1. The van der Waals surface area contributed by atoms with Gasteiger partial charge >= 0.3 is 0 Å². The van der Waals surface area contributed by atoms with Gasteiger partial charge in [-0.3, -0.25) is 4.68 Å². The van der Waals surface area contributed by atoms with Crippen molar-refractivity contribution in [1.82, 2.24) is 9.78 Å². The van der Waals surface area contributed by atoms with Crippen molar-refractivity contribution in [3.63, 3.8) is 0 Å². The molecular weight excluding hydrogens is 248 g/mol. The van der Waals surface area contributed by atoms with Gasteiger partial charge < -0.3 is 4.74 Å². The fourth-order valence-corrected chi connectivity index (χ4v) is 2.13. The lowest BCUT2D eigenvalue weighted by Gasteiger charge is -2.10. The Morgan fingerprint density at radius 2 is 2.00 bits per heavy atom. The molecule has 0 atom stereocenters. The molecular formula is C14H17ClN2O. The lowest BCUT2D eigenvalue weighted by molar-refractivity contribution is 0.470. The maximum Gasteiger partial charge on any atom is 0.171 e. The predicted octanol–water partition coefficient (Wildman–Crippen LogP) is 3.88. The van der Waals surface area contributed by atoms with Gasteiger partial charge in [0.2, 0.25) is 0 Å². The zero-order chi connectivity index (χ0) is 13.3. The SMILES string of the molecule is Cc1ccc(Oc2c(C)nn(C)c2C)c(CCl)c1.